The smallest absolute Gasteiger partial charge is 0.418 e. The first-order chi connectivity index (χ1) is 17.7. The van der Waals surface area contributed by atoms with Crippen LogP contribution in [0.2, 0.25) is 0 Å². The van der Waals surface area contributed by atoms with E-state index in [-0.39, 0.29) is 23.7 Å². The van der Waals surface area contributed by atoms with Crippen molar-refractivity contribution < 1.29 is 41.4 Å². The van der Waals surface area contributed by atoms with E-state index >= 15 is 0 Å². The molecule has 0 aliphatic heterocycles. The van der Waals surface area contributed by atoms with Crippen LogP contribution in [0.5, 0.6) is 11.5 Å². The second kappa shape index (κ2) is 12.2. The molecule has 0 fully saturated rings. The lowest BCUT2D eigenvalue weighted by Crippen LogP contribution is -2.37. The summed E-state index contributed by atoms with van der Waals surface area (Å²) in [6.07, 6.45) is -1.96. The number of carbonyl (C=O) groups excluding carboxylic acids is 3. The van der Waals surface area contributed by atoms with Crippen molar-refractivity contribution in [2.45, 2.75) is 12.7 Å². The van der Waals surface area contributed by atoms with Crippen LogP contribution in [-0.2, 0) is 27.1 Å². The molecule has 37 heavy (non-hydrogen) atoms. The number of alkyl halides is 3. The number of benzene rings is 2. The van der Waals surface area contributed by atoms with Crippen LogP contribution in [0, 0.1) is 0 Å². The monoisotopic (exact) mass is 518 g/mol. The number of hydrogen-bond acceptors (Lipinski definition) is 7. The number of amides is 3. The molecule has 13 heteroatoms. The van der Waals surface area contributed by atoms with Gasteiger partial charge in [0.1, 0.15) is 5.76 Å². The number of halogens is 3. The predicted molar refractivity (Wildman–Crippen MR) is 125 cm³/mol. The normalized spacial score (nSPS) is 11.1. The fraction of sp³-hybridized carbons (Fsp3) is 0.167. The minimum absolute atomic E-state index is 0.0362. The second-order valence-electron chi connectivity index (χ2n) is 7.25. The van der Waals surface area contributed by atoms with E-state index in [1.807, 2.05) is 0 Å². The number of hydrazone groups is 1. The van der Waals surface area contributed by atoms with Crippen molar-refractivity contribution in [3.63, 3.8) is 0 Å². The van der Waals surface area contributed by atoms with Crippen LogP contribution in [0.25, 0.3) is 0 Å². The number of hydrogen-bond donors (Lipinski definition) is 3. The minimum atomic E-state index is -4.63. The molecule has 0 spiro atoms. The van der Waals surface area contributed by atoms with Crippen molar-refractivity contribution in [3.8, 4) is 11.5 Å². The molecule has 3 amide bonds. The Bertz CT molecular complexity index is 1280. The highest BCUT2D eigenvalue weighted by Crippen LogP contribution is 2.34. The number of furan rings is 1. The maximum absolute atomic E-state index is 13.1. The van der Waals surface area contributed by atoms with Crippen LogP contribution in [0.4, 0.5) is 18.9 Å². The van der Waals surface area contributed by atoms with Gasteiger partial charge >= 0.3 is 18.0 Å². The summed E-state index contributed by atoms with van der Waals surface area (Å²) in [7, 11) is 1.34. The molecule has 0 aliphatic rings. The fourth-order valence-corrected chi connectivity index (χ4v) is 2.93. The van der Waals surface area contributed by atoms with Crippen LogP contribution in [0.15, 0.2) is 70.4 Å². The van der Waals surface area contributed by atoms with Crippen molar-refractivity contribution in [2.75, 3.05) is 19.0 Å². The van der Waals surface area contributed by atoms with Gasteiger partial charge < -0.3 is 24.5 Å². The van der Waals surface area contributed by atoms with Crippen molar-refractivity contribution >= 4 is 29.6 Å². The molecule has 2 aromatic carbocycles. The Kier molecular flexibility index (Phi) is 8.86. The lowest BCUT2D eigenvalue weighted by atomic mass is 10.1. The van der Waals surface area contributed by atoms with E-state index in [4.69, 9.17) is 13.9 Å². The Hall–Kier alpha value is -4.81. The molecule has 3 N–H and O–H groups in total. The zero-order chi connectivity index (χ0) is 26.8. The fourth-order valence-electron chi connectivity index (χ4n) is 2.93. The standard InChI is InChI=1S/C24H21F3N4O6/c1-35-20-11-15(12-29-31-23(34)22(33)28-13-16-5-4-10-36-16)8-9-19(20)37-14-21(32)30-18-7-3-2-6-17(18)24(25,26)27/h2-12H,13-14H2,1H3,(H,28,33)(H,30,32)(H,31,34)/b29-12-. The van der Waals surface area contributed by atoms with Gasteiger partial charge in [-0.3, -0.25) is 14.4 Å². The number of ether oxygens (including phenoxy) is 2. The zero-order valence-electron chi connectivity index (χ0n) is 19.3. The maximum Gasteiger partial charge on any atom is 0.418 e. The first kappa shape index (κ1) is 26.8. The molecule has 0 radical (unpaired) electrons. The summed E-state index contributed by atoms with van der Waals surface area (Å²) in [4.78, 5) is 35.7. The topological polar surface area (TPSA) is 131 Å². The number of nitrogens with one attached hydrogen (secondary N) is 3. The van der Waals surface area contributed by atoms with E-state index in [0.29, 0.717) is 11.3 Å². The Labute approximate surface area is 208 Å². The predicted octanol–water partition coefficient (Wildman–Crippen LogP) is 3.09. The van der Waals surface area contributed by atoms with Gasteiger partial charge in [0, 0.05) is 0 Å². The average Bonchev–Trinajstić information content (AvgIpc) is 3.39. The molecule has 0 atom stereocenters. The van der Waals surface area contributed by atoms with Crippen LogP contribution in [-0.4, -0.2) is 37.7 Å². The van der Waals surface area contributed by atoms with Crippen molar-refractivity contribution in [1.29, 1.82) is 0 Å². The number of rotatable bonds is 9. The number of anilines is 1. The molecule has 10 nitrogen and oxygen atoms in total. The molecule has 0 bridgehead atoms. The minimum Gasteiger partial charge on any atom is -0.493 e. The molecule has 3 rings (SSSR count). The molecule has 1 aromatic heterocycles. The quantitative estimate of drug-likeness (QED) is 0.227. The molecule has 0 saturated heterocycles. The number of methoxy groups -OCH3 is 1. The van der Waals surface area contributed by atoms with E-state index in [0.717, 1.165) is 12.1 Å². The number of para-hydroxylation sites is 1. The van der Waals surface area contributed by atoms with E-state index in [9.17, 15) is 27.6 Å². The van der Waals surface area contributed by atoms with E-state index in [1.165, 1.54) is 49.9 Å². The van der Waals surface area contributed by atoms with E-state index in [2.05, 4.69) is 21.2 Å². The van der Waals surface area contributed by atoms with Crippen LogP contribution in [0.1, 0.15) is 16.9 Å². The molecule has 0 aliphatic carbocycles. The number of nitrogens with zero attached hydrogens (tertiary/aromatic N) is 1. The molecule has 3 aromatic rings. The first-order valence-corrected chi connectivity index (χ1v) is 10.6. The summed E-state index contributed by atoms with van der Waals surface area (Å²) in [6, 6.07) is 12.3. The van der Waals surface area contributed by atoms with Crippen LogP contribution < -0.4 is 25.5 Å². The highest BCUT2D eigenvalue weighted by atomic mass is 19.4. The SMILES string of the molecule is COc1cc(/C=N\NC(=O)C(=O)NCc2ccco2)ccc1OCC(=O)Nc1ccccc1C(F)(F)F. The average molecular weight is 518 g/mol. The summed E-state index contributed by atoms with van der Waals surface area (Å²) >= 11 is 0. The van der Waals surface area contributed by atoms with Gasteiger partial charge in [0.05, 0.1) is 37.4 Å². The van der Waals surface area contributed by atoms with Gasteiger partial charge in [0.15, 0.2) is 18.1 Å². The highest BCUT2D eigenvalue weighted by Gasteiger charge is 2.33. The van der Waals surface area contributed by atoms with Crippen molar-refractivity contribution in [2.24, 2.45) is 5.10 Å². The van der Waals surface area contributed by atoms with Gasteiger partial charge in [-0.05, 0) is 48.0 Å². The molecule has 194 valence electrons. The molecular weight excluding hydrogens is 497 g/mol. The van der Waals surface area contributed by atoms with Gasteiger partial charge in [-0.1, -0.05) is 12.1 Å². The highest BCUT2D eigenvalue weighted by molar-refractivity contribution is 6.35. The summed E-state index contributed by atoms with van der Waals surface area (Å²) in [5.74, 6) is -1.91. The van der Waals surface area contributed by atoms with Gasteiger partial charge in [0.2, 0.25) is 0 Å². The lowest BCUT2D eigenvalue weighted by molar-refractivity contribution is -0.139. The largest absolute Gasteiger partial charge is 0.493 e. The summed E-state index contributed by atoms with van der Waals surface area (Å²) in [6.45, 7) is -0.548. The maximum atomic E-state index is 13.1. The van der Waals surface area contributed by atoms with Crippen LogP contribution in [0.3, 0.4) is 0 Å². The molecule has 0 unspecified atom stereocenters. The third-order valence-corrected chi connectivity index (χ3v) is 4.64. The lowest BCUT2D eigenvalue weighted by Gasteiger charge is -2.14. The molecule has 1 heterocycles. The van der Waals surface area contributed by atoms with E-state index < -0.39 is 36.1 Å². The van der Waals surface area contributed by atoms with Crippen LogP contribution >= 0.6 is 0 Å². The molecular formula is C24H21F3N4O6. The van der Waals surface area contributed by atoms with Gasteiger partial charge in [-0.25, -0.2) is 5.43 Å². The Morgan fingerprint density at radius 2 is 1.81 bits per heavy atom. The second-order valence-corrected chi connectivity index (χ2v) is 7.25. The Morgan fingerprint density at radius 1 is 1.03 bits per heavy atom. The summed E-state index contributed by atoms with van der Waals surface area (Å²) in [5, 5.41) is 8.24. The zero-order valence-corrected chi connectivity index (χ0v) is 19.3. The van der Waals surface area contributed by atoms with Crippen molar-refractivity contribution in [3.05, 3.63) is 77.7 Å². The third kappa shape index (κ3) is 7.85. The molecule has 0 saturated carbocycles. The van der Waals surface area contributed by atoms with Gasteiger partial charge in [-0.2, -0.15) is 18.3 Å². The number of carbonyl (C=O) groups is 3. The van der Waals surface area contributed by atoms with E-state index in [1.54, 1.807) is 12.1 Å². The van der Waals surface area contributed by atoms with Gasteiger partial charge in [0.25, 0.3) is 5.91 Å². The summed E-state index contributed by atoms with van der Waals surface area (Å²) < 4.78 is 54.9. The van der Waals surface area contributed by atoms with Gasteiger partial charge in [-0.15, -0.1) is 0 Å². The van der Waals surface area contributed by atoms with Crippen molar-refractivity contribution in [1.82, 2.24) is 10.7 Å². The first-order valence-electron chi connectivity index (χ1n) is 10.6. The third-order valence-electron chi connectivity index (χ3n) is 4.64. The Morgan fingerprint density at radius 3 is 2.51 bits per heavy atom. The summed E-state index contributed by atoms with van der Waals surface area (Å²) in [5.41, 5.74) is 1.15. The Balaban J connectivity index is 1.53.